The summed E-state index contributed by atoms with van der Waals surface area (Å²) in [6.07, 6.45) is 1.49. The molecule has 0 unspecified atom stereocenters. The fourth-order valence-corrected chi connectivity index (χ4v) is 3.42. The molecular weight excluding hydrogens is 392 g/mol. The Morgan fingerprint density at radius 2 is 1.83 bits per heavy atom. The van der Waals surface area contributed by atoms with Crippen molar-refractivity contribution >= 4 is 28.9 Å². The zero-order chi connectivity index (χ0) is 22.3. The number of anilines is 1. The van der Waals surface area contributed by atoms with E-state index in [1.165, 1.54) is 5.56 Å². The van der Waals surface area contributed by atoms with Crippen LogP contribution in [0.3, 0.4) is 0 Å². The summed E-state index contributed by atoms with van der Waals surface area (Å²) in [4.78, 5) is 12.8. The number of para-hydroxylation sites is 1. The molecule has 0 bridgehead atoms. The van der Waals surface area contributed by atoms with Crippen molar-refractivity contribution < 1.29 is 9.53 Å². The van der Waals surface area contributed by atoms with Crippen molar-refractivity contribution in [2.24, 2.45) is 5.41 Å². The predicted octanol–water partition coefficient (Wildman–Crippen LogP) is 6.13. The van der Waals surface area contributed by atoms with Gasteiger partial charge >= 0.3 is 0 Å². The van der Waals surface area contributed by atoms with E-state index in [9.17, 15) is 4.79 Å². The summed E-state index contributed by atoms with van der Waals surface area (Å²) >= 11 is 5.39. The third-order valence-electron chi connectivity index (χ3n) is 5.22. The molecule has 0 fully saturated rings. The Balaban J connectivity index is 1.85. The molecule has 162 valence electrons. The second-order valence-electron chi connectivity index (χ2n) is 8.76. The van der Waals surface area contributed by atoms with Crippen LogP contribution in [0.25, 0.3) is 0 Å². The predicted molar refractivity (Wildman–Crippen MR) is 129 cm³/mol. The third kappa shape index (κ3) is 6.84. The summed E-state index contributed by atoms with van der Waals surface area (Å²) in [7, 11) is 0. The van der Waals surface area contributed by atoms with Crippen molar-refractivity contribution in [1.82, 2.24) is 5.32 Å². The maximum Gasteiger partial charge on any atom is 0.231 e. The van der Waals surface area contributed by atoms with Crippen molar-refractivity contribution in [3.05, 3.63) is 59.2 Å². The Kier molecular flexibility index (Phi) is 8.42. The molecule has 0 aliphatic carbocycles. The zero-order valence-corrected chi connectivity index (χ0v) is 19.8. The molecule has 5 heteroatoms. The molecule has 0 radical (unpaired) electrons. The van der Waals surface area contributed by atoms with Crippen molar-refractivity contribution in [1.29, 1.82) is 0 Å². The zero-order valence-electron chi connectivity index (χ0n) is 19.0. The van der Waals surface area contributed by atoms with E-state index in [0.717, 1.165) is 29.0 Å². The van der Waals surface area contributed by atoms with E-state index < -0.39 is 5.41 Å². The highest BCUT2D eigenvalue weighted by Gasteiger charge is 2.28. The highest BCUT2D eigenvalue weighted by Crippen LogP contribution is 2.26. The molecule has 1 amide bonds. The maximum absolute atomic E-state index is 12.8. The van der Waals surface area contributed by atoms with Gasteiger partial charge < -0.3 is 15.4 Å². The van der Waals surface area contributed by atoms with Gasteiger partial charge in [-0.3, -0.25) is 4.79 Å². The number of amides is 1. The number of hydrogen-bond donors (Lipinski definition) is 2. The number of hydrogen-bond acceptors (Lipinski definition) is 3. The van der Waals surface area contributed by atoms with Crippen LogP contribution in [0.2, 0.25) is 0 Å². The molecule has 0 aliphatic rings. The summed E-state index contributed by atoms with van der Waals surface area (Å²) in [5, 5.41) is 6.35. The van der Waals surface area contributed by atoms with E-state index in [0.29, 0.717) is 24.1 Å². The van der Waals surface area contributed by atoms with Gasteiger partial charge in [-0.1, -0.05) is 58.0 Å². The number of ether oxygens (including phenoxy) is 1. The molecule has 2 aromatic rings. The monoisotopic (exact) mass is 426 g/mol. The number of carbonyl (C=O) groups excluding carboxylic acids is 1. The molecule has 2 N–H and O–H groups in total. The minimum atomic E-state index is -0.547. The van der Waals surface area contributed by atoms with Gasteiger partial charge in [0.05, 0.1) is 6.61 Å². The van der Waals surface area contributed by atoms with E-state index in [1.54, 1.807) is 0 Å². The summed E-state index contributed by atoms with van der Waals surface area (Å²) < 4.78 is 5.92. The third-order valence-corrected chi connectivity index (χ3v) is 5.42. The normalized spacial score (nSPS) is 11.3. The van der Waals surface area contributed by atoms with Gasteiger partial charge in [0.2, 0.25) is 5.91 Å². The quantitative estimate of drug-likeness (QED) is 0.394. The van der Waals surface area contributed by atoms with Gasteiger partial charge in [0.1, 0.15) is 5.75 Å². The topological polar surface area (TPSA) is 50.4 Å². The molecule has 0 saturated carbocycles. The van der Waals surface area contributed by atoms with Crippen molar-refractivity contribution in [2.45, 2.75) is 60.3 Å². The van der Waals surface area contributed by atoms with E-state index in [1.807, 2.05) is 45.0 Å². The van der Waals surface area contributed by atoms with Gasteiger partial charge in [-0.15, -0.1) is 0 Å². The molecular formula is C25H34N2O2S. The second kappa shape index (κ2) is 10.6. The lowest BCUT2D eigenvalue weighted by molar-refractivity contribution is -0.128. The summed E-state index contributed by atoms with van der Waals surface area (Å²) in [6, 6.07) is 14.2. The van der Waals surface area contributed by atoms with Crippen molar-refractivity contribution in [3.8, 4) is 5.75 Å². The van der Waals surface area contributed by atoms with Crippen LogP contribution in [0.4, 0.5) is 5.69 Å². The first-order chi connectivity index (χ1) is 14.1. The average molecular weight is 427 g/mol. The number of thiocarbonyl (C=S) groups is 1. The number of aryl methyl sites for hydroxylation is 2. The number of carbonyl (C=O) groups is 1. The Labute approximate surface area is 186 Å². The van der Waals surface area contributed by atoms with Crippen molar-refractivity contribution in [2.75, 3.05) is 11.9 Å². The Morgan fingerprint density at radius 3 is 2.53 bits per heavy atom. The molecule has 30 heavy (non-hydrogen) atoms. The molecule has 2 rings (SSSR count). The van der Waals surface area contributed by atoms with Gasteiger partial charge in [0.25, 0.3) is 0 Å². The summed E-state index contributed by atoms with van der Waals surface area (Å²) in [5.74, 6) is 1.18. The lowest BCUT2D eigenvalue weighted by atomic mass is 9.87. The standard InChI is InChI=1S/C25H34N2O2S/c1-17(2)20-10-7-8-11-21(20)26-24(30)27-23(28)25(5,6)14-9-15-29-22-16-18(3)12-13-19(22)4/h7-8,10-13,16-17H,9,14-15H2,1-6H3,(H2,26,27,28,30). The van der Waals surface area contributed by atoms with Crippen LogP contribution >= 0.6 is 12.2 Å². The van der Waals surface area contributed by atoms with Crippen molar-refractivity contribution in [3.63, 3.8) is 0 Å². The SMILES string of the molecule is Cc1ccc(C)c(OCCCC(C)(C)C(=O)NC(=S)Nc2ccccc2C(C)C)c1. The fourth-order valence-electron chi connectivity index (χ4n) is 3.21. The minimum absolute atomic E-state index is 0.0891. The minimum Gasteiger partial charge on any atom is -0.493 e. The van der Waals surface area contributed by atoms with Crippen LogP contribution < -0.4 is 15.4 Å². The first-order valence-electron chi connectivity index (χ1n) is 10.5. The Hall–Kier alpha value is -2.40. The lowest BCUT2D eigenvalue weighted by Gasteiger charge is -2.24. The molecule has 4 nitrogen and oxygen atoms in total. The average Bonchev–Trinajstić information content (AvgIpc) is 2.67. The van der Waals surface area contributed by atoms with Crippen LogP contribution in [-0.2, 0) is 4.79 Å². The number of rotatable bonds is 8. The van der Waals surface area contributed by atoms with Crippen LogP contribution in [0.1, 0.15) is 63.1 Å². The first kappa shape index (κ1) is 23.9. The molecule has 0 aromatic heterocycles. The number of nitrogens with one attached hydrogen (secondary N) is 2. The van der Waals surface area contributed by atoms with Gasteiger partial charge in [-0.05, 0) is 73.6 Å². The summed E-state index contributed by atoms with van der Waals surface area (Å²) in [6.45, 7) is 12.8. The second-order valence-corrected chi connectivity index (χ2v) is 9.16. The highest BCUT2D eigenvalue weighted by molar-refractivity contribution is 7.80. The lowest BCUT2D eigenvalue weighted by Crippen LogP contribution is -2.42. The largest absolute Gasteiger partial charge is 0.493 e. The fraction of sp³-hybridized carbons (Fsp3) is 0.440. The first-order valence-corrected chi connectivity index (χ1v) is 10.9. The smallest absolute Gasteiger partial charge is 0.231 e. The molecule has 0 saturated heterocycles. The van der Waals surface area contributed by atoms with Crippen LogP contribution in [0.15, 0.2) is 42.5 Å². The van der Waals surface area contributed by atoms with E-state index in [4.69, 9.17) is 17.0 Å². The van der Waals surface area contributed by atoms with Crippen LogP contribution in [-0.4, -0.2) is 17.6 Å². The van der Waals surface area contributed by atoms with Crippen LogP contribution in [0, 0.1) is 19.3 Å². The molecule has 0 spiro atoms. The Morgan fingerprint density at radius 1 is 1.13 bits per heavy atom. The summed E-state index contributed by atoms with van der Waals surface area (Å²) in [5.41, 5.74) is 3.84. The van der Waals surface area contributed by atoms with Gasteiger partial charge in [-0.2, -0.15) is 0 Å². The molecule has 0 aliphatic heterocycles. The molecule has 0 heterocycles. The highest BCUT2D eigenvalue weighted by atomic mass is 32.1. The van der Waals surface area contributed by atoms with E-state index >= 15 is 0 Å². The van der Waals surface area contributed by atoms with Gasteiger partial charge in [0.15, 0.2) is 5.11 Å². The maximum atomic E-state index is 12.8. The number of benzene rings is 2. The van der Waals surface area contributed by atoms with Crippen LogP contribution in [0.5, 0.6) is 5.75 Å². The van der Waals surface area contributed by atoms with E-state index in [2.05, 4.69) is 49.6 Å². The van der Waals surface area contributed by atoms with Gasteiger partial charge in [0, 0.05) is 11.1 Å². The van der Waals surface area contributed by atoms with E-state index in [-0.39, 0.29) is 5.91 Å². The van der Waals surface area contributed by atoms with Gasteiger partial charge in [-0.25, -0.2) is 0 Å². The Bertz CT molecular complexity index is 890. The molecule has 2 aromatic carbocycles. The molecule has 0 atom stereocenters.